The summed E-state index contributed by atoms with van der Waals surface area (Å²) in [6.07, 6.45) is 1.89. The van der Waals surface area contributed by atoms with E-state index in [-0.39, 0.29) is 0 Å². The molecule has 0 saturated carbocycles. The standard InChI is InChI=1S/C14H14O2S/c1-2-9-17-13-6-3-11(4-7-13)14-8-5-12(10-15)16-14/h3-8,10H,2,9H2,1H3. The molecular formula is C14H14O2S. The molecular weight excluding hydrogens is 232 g/mol. The average Bonchev–Trinajstić information content (AvgIpc) is 2.86. The van der Waals surface area contributed by atoms with Crippen LogP contribution in [-0.4, -0.2) is 12.0 Å². The zero-order valence-electron chi connectivity index (χ0n) is 9.68. The van der Waals surface area contributed by atoms with Gasteiger partial charge in [-0.25, -0.2) is 0 Å². The van der Waals surface area contributed by atoms with Gasteiger partial charge >= 0.3 is 0 Å². The fourth-order valence-electron chi connectivity index (χ4n) is 1.51. The van der Waals surface area contributed by atoms with Crippen LogP contribution in [0.25, 0.3) is 11.3 Å². The van der Waals surface area contributed by atoms with Crippen LogP contribution in [0, 0.1) is 0 Å². The van der Waals surface area contributed by atoms with Gasteiger partial charge in [-0.1, -0.05) is 19.1 Å². The Morgan fingerprint density at radius 2 is 1.94 bits per heavy atom. The third kappa shape index (κ3) is 3.01. The largest absolute Gasteiger partial charge is 0.453 e. The smallest absolute Gasteiger partial charge is 0.185 e. The molecule has 1 heterocycles. The second-order valence-corrected chi connectivity index (χ2v) is 4.86. The molecule has 2 rings (SSSR count). The normalized spacial score (nSPS) is 10.4. The fourth-order valence-corrected chi connectivity index (χ4v) is 2.28. The second kappa shape index (κ2) is 5.73. The van der Waals surface area contributed by atoms with E-state index >= 15 is 0 Å². The quantitative estimate of drug-likeness (QED) is 0.583. The molecule has 2 aromatic rings. The molecule has 0 fully saturated rings. The Kier molecular flexibility index (Phi) is 4.04. The van der Waals surface area contributed by atoms with E-state index in [0.29, 0.717) is 5.76 Å². The SMILES string of the molecule is CCCSc1ccc(-c2ccc(C=O)o2)cc1. The lowest BCUT2D eigenvalue weighted by molar-refractivity contribution is 0.110. The molecule has 0 aliphatic heterocycles. The highest BCUT2D eigenvalue weighted by Gasteiger charge is 2.03. The van der Waals surface area contributed by atoms with Crippen LogP contribution in [-0.2, 0) is 0 Å². The summed E-state index contributed by atoms with van der Waals surface area (Å²) in [5.74, 6) is 2.23. The monoisotopic (exact) mass is 246 g/mol. The van der Waals surface area contributed by atoms with Crippen molar-refractivity contribution in [1.82, 2.24) is 0 Å². The number of hydrogen-bond acceptors (Lipinski definition) is 3. The van der Waals surface area contributed by atoms with Crippen LogP contribution in [0.1, 0.15) is 23.9 Å². The topological polar surface area (TPSA) is 30.2 Å². The number of thioether (sulfide) groups is 1. The van der Waals surface area contributed by atoms with E-state index in [1.165, 1.54) is 11.3 Å². The minimum absolute atomic E-state index is 0.365. The van der Waals surface area contributed by atoms with E-state index < -0.39 is 0 Å². The van der Waals surface area contributed by atoms with Crippen molar-refractivity contribution in [3.8, 4) is 11.3 Å². The number of furan rings is 1. The van der Waals surface area contributed by atoms with Crippen LogP contribution in [0.2, 0.25) is 0 Å². The molecule has 0 unspecified atom stereocenters. The highest BCUT2D eigenvalue weighted by Crippen LogP contribution is 2.25. The van der Waals surface area contributed by atoms with Gasteiger partial charge in [0.2, 0.25) is 0 Å². The highest BCUT2D eigenvalue weighted by atomic mass is 32.2. The predicted octanol–water partition coefficient (Wildman–Crippen LogP) is 4.26. The Balaban J connectivity index is 2.14. The Hall–Kier alpha value is -1.48. The maximum absolute atomic E-state index is 10.5. The highest BCUT2D eigenvalue weighted by molar-refractivity contribution is 7.99. The van der Waals surface area contributed by atoms with Gasteiger partial charge in [-0.05, 0) is 36.4 Å². The summed E-state index contributed by atoms with van der Waals surface area (Å²) in [6, 6.07) is 11.7. The number of benzene rings is 1. The van der Waals surface area contributed by atoms with Crippen molar-refractivity contribution < 1.29 is 9.21 Å². The van der Waals surface area contributed by atoms with E-state index in [4.69, 9.17) is 4.42 Å². The minimum Gasteiger partial charge on any atom is -0.453 e. The summed E-state index contributed by atoms with van der Waals surface area (Å²) in [4.78, 5) is 11.8. The van der Waals surface area contributed by atoms with Crippen LogP contribution in [0.15, 0.2) is 45.7 Å². The van der Waals surface area contributed by atoms with E-state index in [2.05, 4.69) is 19.1 Å². The molecule has 0 aliphatic carbocycles. The van der Waals surface area contributed by atoms with Crippen LogP contribution in [0.4, 0.5) is 0 Å². The number of hydrogen-bond donors (Lipinski definition) is 0. The molecule has 3 heteroatoms. The number of carbonyl (C=O) groups is 1. The van der Waals surface area contributed by atoms with Crippen molar-refractivity contribution in [2.45, 2.75) is 18.2 Å². The summed E-state index contributed by atoms with van der Waals surface area (Å²) < 4.78 is 5.37. The van der Waals surface area contributed by atoms with Crippen LogP contribution >= 0.6 is 11.8 Å². The van der Waals surface area contributed by atoms with E-state index in [1.54, 1.807) is 6.07 Å². The minimum atomic E-state index is 0.365. The maximum atomic E-state index is 10.5. The van der Waals surface area contributed by atoms with E-state index in [9.17, 15) is 4.79 Å². The molecule has 0 amide bonds. The first-order valence-corrected chi connectivity index (χ1v) is 6.60. The lowest BCUT2D eigenvalue weighted by Gasteiger charge is -2.01. The molecule has 0 atom stereocenters. The Bertz CT molecular complexity index is 485. The summed E-state index contributed by atoms with van der Waals surface area (Å²) in [6.45, 7) is 2.17. The summed E-state index contributed by atoms with van der Waals surface area (Å²) in [7, 11) is 0. The Labute approximate surface area is 105 Å². The molecule has 0 spiro atoms. The van der Waals surface area contributed by atoms with Crippen molar-refractivity contribution in [3.05, 3.63) is 42.2 Å². The average molecular weight is 246 g/mol. The van der Waals surface area contributed by atoms with Crippen LogP contribution in [0.3, 0.4) is 0 Å². The van der Waals surface area contributed by atoms with Crippen molar-refractivity contribution in [1.29, 1.82) is 0 Å². The number of aldehydes is 1. The molecule has 88 valence electrons. The van der Waals surface area contributed by atoms with Crippen LogP contribution in [0.5, 0.6) is 0 Å². The third-order valence-corrected chi connectivity index (χ3v) is 3.57. The summed E-state index contributed by atoms with van der Waals surface area (Å²) in [5, 5.41) is 0. The fraction of sp³-hybridized carbons (Fsp3) is 0.214. The van der Waals surface area contributed by atoms with Gasteiger partial charge in [0.15, 0.2) is 12.0 Å². The summed E-state index contributed by atoms with van der Waals surface area (Å²) >= 11 is 1.85. The third-order valence-electron chi connectivity index (χ3n) is 2.35. The zero-order valence-corrected chi connectivity index (χ0v) is 10.5. The van der Waals surface area contributed by atoms with Gasteiger partial charge in [-0.15, -0.1) is 11.8 Å². The van der Waals surface area contributed by atoms with Gasteiger partial charge < -0.3 is 4.42 Å². The van der Waals surface area contributed by atoms with Gasteiger partial charge in [-0.3, -0.25) is 4.79 Å². The van der Waals surface area contributed by atoms with E-state index in [1.807, 2.05) is 30.0 Å². The van der Waals surface area contributed by atoms with Gasteiger partial charge in [0.1, 0.15) is 5.76 Å². The Morgan fingerprint density at radius 3 is 2.53 bits per heavy atom. The first-order valence-electron chi connectivity index (χ1n) is 5.61. The Morgan fingerprint density at radius 1 is 1.18 bits per heavy atom. The molecule has 0 N–H and O–H groups in total. The number of rotatable bonds is 5. The van der Waals surface area contributed by atoms with Gasteiger partial charge in [0.05, 0.1) is 0 Å². The predicted molar refractivity (Wildman–Crippen MR) is 70.5 cm³/mol. The molecule has 17 heavy (non-hydrogen) atoms. The second-order valence-electron chi connectivity index (χ2n) is 3.69. The number of carbonyl (C=O) groups excluding carboxylic acids is 1. The van der Waals surface area contributed by atoms with Gasteiger partial charge in [0, 0.05) is 10.5 Å². The first-order chi connectivity index (χ1) is 8.33. The molecule has 0 radical (unpaired) electrons. The van der Waals surface area contributed by atoms with Crippen molar-refractivity contribution in [3.63, 3.8) is 0 Å². The lowest BCUT2D eigenvalue weighted by atomic mass is 10.2. The molecule has 0 bridgehead atoms. The van der Waals surface area contributed by atoms with Crippen LogP contribution < -0.4 is 0 Å². The summed E-state index contributed by atoms with van der Waals surface area (Å²) in [5.41, 5.74) is 0.999. The lowest BCUT2D eigenvalue weighted by Crippen LogP contribution is -1.78. The molecule has 2 nitrogen and oxygen atoms in total. The van der Waals surface area contributed by atoms with Gasteiger partial charge in [-0.2, -0.15) is 0 Å². The first kappa shape index (κ1) is 12.0. The van der Waals surface area contributed by atoms with Gasteiger partial charge in [0.25, 0.3) is 0 Å². The van der Waals surface area contributed by atoms with Crippen molar-refractivity contribution in [2.75, 3.05) is 5.75 Å². The van der Waals surface area contributed by atoms with Crippen molar-refractivity contribution in [2.24, 2.45) is 0 Å². The molecule has 1 aromatic carbocycles. The van der Waals surface area contributed by atoms with E-state index in [0.717, 1.165) is 23.4 Å². The van der Waals surface area contributed by atoms with Crippen molar-refractivity contribution >= 4 is 18.0 Å². The molecule has 1 aromatic heterocycles. The maximum Gasteiger partial charge on any atom is 0.185 e. The molecule has 0 aliphatic rings. The zero-order chi connectivity index (χ0) is 12.1. The molecule has 0 saturated heterocycles.